The van der Waals surface area contributed by atoms with Crippen molar-refractivity contribution in [3.8, 4) is 0 Å². The topological polar surface area (TPSA) is 130 Å². The van der Waals surface area contributed by atoms with Gasteiger partial charge in [0.15, 0.2) is 0 Å². The van der Waals surface area contributed by atoms with E-state index in [0.29, 0.717) is 18.5 Å². The highest BCUT2D eigenvalue weighted by Crippen LogP contribution is 2.33. The van der Waals surface area contributed by atoms with E-state index in [4.69, 9.17) is 5.73 Å². The fourth-order valence-corrected chi connectivity index (χ4v) is 5.90. The van der Waals surface area contributed by atoms with Crippen LogP contribution in [0, 0.1) is 0 Å². The predicted molar refractivity (Wildman–Crippen MR) is 98.5 cm³/mol. The molecule has 10 heteroatoms. The first-order chi connectivity index (χ1) is 13.3. The minimum absolute atomic E-state index is 0.0236. The molecule has 0 radical (unpaired) electrons. The van der Waals surface area contributed by atoms with Gasteiger partial charge in [-0.25, -0.2) is 8.42 Å². The Hall–Kier alpha value is -2.30. The fraction of sp³-hybridized carbons (Fsp3) is 0.500. The molecule has 1 aromatic carbocycles. The van der Waals surface area contributed by atoms with Gasteiger partial charge < -0.3 is 10.6 Å². The van der Waals surface area contributed by atoms with E-state index >= 15 is 0 Å². The highest BCUT2D eigenvalue weighted by molar-refractivity contribution is 7.89. The SMILES string of the molecule is NC1CCCN(S(=O)(=O)c2cccc3c2CN(C2CCC(=O)NC2=O)C3=O)C1. The highest BCUT2D eigenvalue weighted by atomic mass is 32.2. The maximum Gasteiger partial charge on any atom is 0.255 e. The van der Waals surface area contributed by atoms with Crippen LogP contribution in [0.3, 0.4) is 0 Å². The number of nitrogens with one attached hydrogen (secondary N) is 1. The zero-order valence-electron chi connectivity index (χ0n) is 15.3. The molecular weight excluding hydrogens is 384 g/mol. The van der Waals surface area contributed by atoms with Crippen LogP contribution in [-0.4, -0.2) is 60.5 Å². The summed E-state index contributed by atoms with van der Waals surface area (Å²) in [6, 6.07) is 3.63. The maximum atomic E-state index is 13.2. The van der Waals surface area contributed by atoms with Gasteiger partial charge in [-0.05, 0) is 31.4 Å². The van der Waals surface area contributed by atoms with Crippen LogP contribution in [0.25, 0.3) is 0 Å². The molecule has 4 rings (SSSR count). The normalized spacial score (nSPS) is 26.3. The van der Waals surface area contributed by atoms with Crippen molar-refractivity contribution in [1.29, 1.82) is 0 Å². The van der Waals surface area contributed by atoms with E-state index in [1.807, 2.05) is 0 Å². The van der Waals surface area contributed by atoms with Crippen molar-refractivity contribution in [3.05, 3.63) is 29.3 Å². The lowest BCUT2D eigenvalue weighted by molar-refractivity contribution is -0.136. The summed E-state index contributed by atoms with van der Waals surface area (Å²) < 4.78 is 27.8. The minimum Gasteiger partial charge on any atom is -0.327 e. The summed E-state index contributed by atoms with van der Waals surface area (Å²) in [5, 5.41) is 2.24. The molecule has 150 valence electrons. The van der Waals surface area contributed by atoms with Gasteiger partial charge >= 0.3 is 0 Å². The van der Waals surface area contributed by atoms with E-state index < -0.39 is 27.9 Å². The summed E-state index contributed by atoms with van der Waals surface area (Å²) in [5.74, 6) is -1.28. The summed E-state index contributed by atoms with van der Waals surface area (Å²) in [4.78, 5) is 37.9. The summed E-state index contributed by atoms with van der Waals surface area (Å²) in [7, 11) is -3.80. The number of fused-ring (bicyclic) bond motifs is 1. The number of nitrogens with two attached hydrogens (primary N) is 1. The van der Waals surface area contributed by atoms with Crippen molar-refractivity contribution in [1.82, 2.24) is 14.5 Å². The van der Waals surface area contributed by atoms with Gasteiger partial charge in [-0.2, -0.15) is 4.31 Å². The lowest BCUT2D eigenvalue weighted by Gasteiger charge is -2.31. The summed E-state index contributed by atoms with van der Waals surface area (Å²) >= 11 is 0. The number of nitrogens with zero attached hydrogens (tertiary/aromatic N) is 2. The molecule has 2 atom stereocenters. The van der Waals surface area contributed by atoms with Crippen molar-refractivity contribution in [3.63, 3.8) is 0 Å². The Bertz CT molecular complexity index is 961. The number of carbonyl (C=O) groups is 3. The van der Waals surface area contributed by atoms with E-state index in [-0.39, 0.29) is 48.3 Å². The van der Waals surface area contributed by atoms with Gasteiger partial charge in [0, 0.05) is 43.2 Å². The molecule has 3 aliphatic heterocycles. The molecule has 1 aromatic rings. The molecule has 2 fully saturated rings. The first kappa shape index (κ1) is 19.0. The largest absolute Gasteiger partial charge is 0.327 e. The predicted octanol–water partition coefficient (Wildman–Crippen LogP) is -0.441. The van der Waals surface area contributed by atoms with Gasteiger partial charge in [0.2, 0.25) is 21.8 Å². The van der Waals surface area contributed by atoms with Crippen LogP contribution in [0.15, 0.2) is 23.1 Å². The van der Waals surface area contributed by atoms with Gasteiger partial charge in [0.1, 0.15) is 6.04 Å². The van der Waals surface area contributed by atoms with E-state index in [1.54, 1.807) is 12.1 Å². The molecule has 0 aliphatic carbocycles. The van der Waals surface area contributed by atoms with Crippen LogP contribution in [0.2, 0.25) is 0 Å². The average Bonchev–Trinajstić information content (AvgIpc) is 2.98. The molecule has 0 bridgehead atoms. The second-order valence-electron chi connectivity index (χ2n) is 7.45. The van der Waals surface area contributed by atoms with Gasteiger partial charge in [0.25, 0.3) is 5.91 Å². The van der Waals surface area contributed by atoms with Crippen LogP contribution >= 0.6 is 0 Å². The first-order valence-electron chi connectivity index (χ1n) is 9.31. The molecule has 3 heterocycles. The van der Waals surface area contributed by atoms with Crippen molar-refractivity contribution < 1.29 is 22.8 Å². The Morgan fingerprint density at radius 2 is 1.93 bits per heavy atom. The molecule has 2 unspecified atom stereocenters. The van der Waals surface area contributed by atoms with Gasteiger partial charge in [-0.1, -0.05) is 6.07 Å². The molecular formula is C18H22N4O5S. The second-order valence-corrected chi connectivity index (χ2v) is 9.35. The zero-order valence-corrected chi connectivity index (χ0v) is 16.1. The molecule has 2 saturated heterocycles. The molecule has 28 heavy (non-hydrogen) atoms. The number of hydrogen-bond acceptors (Lipinski definition) is 6. The van der Waals surface area contributed by atoms with Crippen LogP contribution in [-0.2, 0) is 26.2 Å². The van der Waals surface area contributed by atoms with Crippen molar-refractivity contribution >= 4 is 27.7 Å². The van der Waals surface area contributed by atoms with Gasteiger partial charge in [-0.3, -0.25) is 19.7 Å². The number of piperidine rings is 2. The van der Waals surface area contributed by atoms with E-state index in [0.717, 1.165) is 6.42 Å². The smallest absolute Gasteiger partial charge is 0.255 e. The first-order valence-corrected chi connectivity index (χ1v) is 10.8. The van der Waals surface area contributed by atoms with Crippen molar-refractivity contribution in [2.75, 3.05) is 13.1 Å². The number of hydrogen-bond donors (Lipinski definition) is 2. The standard InChI is InChI=1S/C18H22N4O5S/c19-11-3-2-8-21(9-11)28(26,27)15-5-1-4-12-13(15)10-22(18(12)25)14-6-7-16(23)20-17(14)24/h1,4-5,11,14H,2-3,6-10,19H2,(H,20,23,24). The average molecular weight is 406 g/mol. The number of benzene rings is 1. The summed E-state index contributed by atoms with van der Waals surface area (Å²) in [6.07, 6.45) is 1.85. The second kappa shape index (κ2) is 6.94. The number of amides is 3. The Labute approximate surface area is 162 Å². The fourth-order valence-electron chi connectivity index (χ4n) is 4.13. The third-order valence-electron chi connectivity index (χ3n) is 5.58. The Morgan fingerprint density at radius 3 is 2.64 bits per heavy atom. The number of imide groups is 1. The number of rotatable bonds is 3. The quantitative estimate of drug-likeness (QED) is 0.655. The molecule has 0 saturated carbocycles. The van der Waals surface area contributed by atoms with E-state index in [2.05, 4.69) is 5.32 Å². The van der Waals surface area contributed by atoms with Gasteiger partial charge in [0.05, 0.1) is 4.90 Å². The summed E-state index contributed by atoms with van der Waals surface area (Å²) in [5.41, 5.74) is 6.62. The molecule has 3 N–H and O–H groups in total. The lowest BCUT2D eigenvalue weighted by atomic mass is 10.0. The summed E-state index contributed by atoms with van der Waals surface area (Å²) in [6.45, 7) is 0.664. The molecule has 3 aliphatic rings. The molecule has 3 amide bonds. The maximum absolute atomic E-state index is 13.2. The molecule has 0 spiro atoms. The van der Waals surface area contributed by atoms with Crippen LogP contribution in [0.5, 0.6) is 0 Å². The van der Waals surface area contributed by atoms with Crippen LogP contribution in [0.4, 0.5) is 0 Å². The molecule has 9 nitrogen and oxygen atoms in total. The molecule has 0 aromatic heterocycles. The third-order valence-corrected chi connectivity index (χ3v) is 7.53. The van der Waals surface area contributed by atoms with Gasteiger partial charge in [-0.15, -0.1) is 0 Å². The van der Waals surface area contributed by atoms with E-state index in [9.17, 15) is 22.8 Å². The lowest BCUT2D eigenvalue weighted by Crippen LogP contribution is -2.52. The number of carbonyl (C=O) groups excluding carboxylic acids is 3. The van der Waals surface area contributed by atoms with Crippen LogP contribution < -0.4 is 11.1 Å². The Morgan fingerprint density at radius 1 is 1.14 bits per heavy atom. The van der Waals surface area contributed by atoms with Crippen LogP contribution in [0.1, 0.15) is 41.6 Å². The number of sulfonamides is 1. The third kappa shape index (κ3) is 3.11. The minimum atomic E-state index is -3.80. The Balaban J connectivity index is 1.66. The van der Waals surface area contributed by atoms with Crippen molar-refractivity contribution in [2.24, 2.45) is 5.73 Å². The highest BCUT2D eigenvalue weighted by Gasteiger charge is 2.42. The van der Waals surface area contributed by atoms with Crippen molar-refractivity contribution in [2.45, 2.75) is 49.2 Å². The van der Waals surface area contributed by atoms with E-state index in [1.165, 1.54) is 15.3 Å². The monoisotopic (exact) mass is 406 g/mol. The Kier molecular flexibility index (Phi) is 4.72. The zero-order chi connectivity index (χ0) is 20.1.